The lowest BCUT2D eigenvalue weighted by Crippen LogP contribution is -2.25. The van der Waals surface area contributed by atoms with Crippen LogP contribution in [-0.2, 0) is 0 Å². The average molecular weight is 304 g/mol. The fourth-order valence-corrected chi connectivity index (χ4v) is 2.36. The Balaban J connectivity index is 1.56. The number of rotatable bonds is 6. The topological polar surface area (TPSA) is 94.5 Å². The molecule has 0 radical (unpaired) electrons. The molecule has 0 spiro atoms. The van der Waals surface area contributed by atoms with Crippen LogP contribution in [0.25, 0.3) is 11.6 Å². The normalized spacial score (nSPS) is 15.1. The Kier molecular flexibility index (Phi) is 4.29. The smallest absolute Gasteiger partial charge is 0.433 e. The second kappa shape index (κ2) is 6.52. The van der Waals surface area contributed by atoms with Crippen molar-refractivity contribution in [2.75, 3.05) is 26.2 Å². The Bertz CT molecular complexity index is 635. The summed E-state index contributed by atoms with van der Waals surface area (Å²) < 4.78 is 10.6. The van der Waals surface area contributed by atoms with E-state index in [9.17, 15) is 10.1 Å². The largest absolute Gasteiger partial charge is 0.489 e. The summed E-state index contributed by atoms with van der Waals surface area (Å²) in [6, 6.07) is 2.75. The van der Waals surface area contributed by atoms with Gasteiger partial charge in [0.2, 0.25) is 0 Å². The van der Waals surface area contributed by atoms with E-state index in [0.29, 0.717) is 18.2 Å². The molecule has 0 aliphatic carbocycles. The number of likely N-dealkylation sites (tertiary alicyclic amines) is 1. The summed E-state index contributed by atoms with van der Waals surface area (Å²) in [4.78, 5) is 20.5. The van der Waals surface area contributed by atoms with E-state index in [1.54, 1.807) is 12.4 Å². The Morgan fingerprint density at radius 3 is 2.64 bits per heavy atom. The number of nitro groups is 1. The minimum atomic E-state index is -0.598. The molecule has 1 aliphatic heterocycles. The number of furan rings is 1. The minimum absolute atomic E-state index is 0.260. The van der Waals surface area contributed by atoms with Gasteiger partial charge in [-0.15, -0.1) is 0 Å². The van der Waals surface area contributed by atoms with Gasteiger partial charge in [0.05, 0.1) is 18.5 Å². The zero-order valence-electron chi connectivity index (χ0n) is 12.0. The third-order valence-corrected chi connectivity index (χ3v) is 3.50. The van der Waals surface area contributed by atoms with Crippen LogP contribution in [0.5, 0.6) is 5.75 Å². The lowest BCUT2D eigenvalue weighted by molar-refractivity contribution is -0.401. The summed E-state index contributed by atoms with van der Waals surface area (Å²) in [6.45, 7) is 3.76. The molecule has 0 N–H and O–H groups in total. The van der Waals surface area contributed by atoms with Gasteiger partial charge in [0.15, 0.2) is 17.3 Å². The molecule has 8 nitrogen and oxygen atoms in total. The molecule has 1 fully saturated rings. The van der Waals surface area contributed by atoms with Gasteiger partial charge in [-0.1, -0.05) is 0 Å². The first kappa shape index (κ1) is 14.5. The van der Waals surface area contributed by atoms with Gasteiger partial charge in [-0.25, -0.2) is 9.97 Å². The maximum atomic E-state index is 10.6. The number of ether oxygens (including phenoxy) is 1. The van der Waals surface area contributed by atoms with Crippen LogP contribution >= 0.6 is 0 Å². The molecule has 22 heavy (non-hydrogen) atoms. The molecule has 0 unspecified atom stereocenters. The summed E-state index contributed by atoms with van der Waals surface area (Å²) >= 11 is 0. The maximum Gasteiger partial charge on any atom is 0.433 e. The van der Waals surface area contributed by atoms with Gasteiger partial charge < -0.3 is 9.15 Å². The zero-order valence-corrected chi connectivity index (χ0v) is 12.0. The Morgan fingerprint density at radius 1 is 1.27 bits per heavy atom. The predicted octanol–water partition coefficient (Wildman–Crippen LogP) is 2.12. The highest BCUT2D eigenvalue weighted by atomic mass is 16.6. The van der Waals surface area contributed by atoms with E-state index >= 15 is 0 Å². The van der Waals surface area contributed by atoms with Crippen molar-refractivity contribution < 1.29 is 14.1 Å². The number of nitrogens with zero attached hydrogens (tertiary/aromatic N) is 4. The maximum absolute atomic E-state index is 10.6. The lowest BCUT2D eigenvalue weighted by Gasteiger charge is -2.14. The molecular weight excluding hydrogens is 288 g/mol. The number of hydrogen-bond acceptors (Lipinski definition) is 7. The predicted molar refractivity (Wildman–Crippen MR) is 77.6 cm³/mol. The Hall–Kier alpha value is -2.48. The quantitative estimate of drug-likeness (QED) is 0.596. The molecule has 2 aromatic heterocycles. The highest BCUT2D eigenvalue weighted by molar-refractivity contribution is 5.48. The molecule has 8 heteroatoms. The van der Waals surface area contributed by atoms with Crippen molar-refractivity contribution in [1.29, 1.82) is 0 Å². The van der Waals surface area contributed by atoms with Crippen molar-refractivity contribution in [3.8, 4) is 17.3 Å². The van der Waals surface area contributed by atoms with Crippen LogP contribution in [0, 0.1) is 10.1 Å². The van der Waals surface area contributed by atoms with Crippen LogP contribution < -0.4 is 4.74 Å². The van der Waals surface area contributed by atoms with Crippen molar-refractivity contribution in [2.45, 2.75) is 12.8 Å². The molecule has 0 saturated carbocycles. The summed E-state index contributed by atoms with van der Waals surface area (Å²) in [5.74, 6) is 0.795. The number of hydrogen-bond donors (Lipinski definition) is 0. The second-order valence-electron chi connectivity index (χ2n) is 5.03. The van der Waals surface area contributed by atoms with E-state index in [1.807, 2.05) is 0 Å². The molecule has 3 heterocycles. The SMILES string of the molecule is O=[N+]([O-])c1ccc(-c2ncc(OCCN3CCCC3)cn2)o1. The van der Waals surface area contributed by atoms with Crippen LogP contribution in [0.4, 0.5) is 5.88 Å². The highest BCUT2D eigenvalue weighted by Gasteiger charge is 2.15. The van der Waals surface area contributed by atoms with Gasteiger partial charge in [-0.3, -0.25) is 15.0 Å². The molecule has 0 atom stereocenters. The summed E-state index contributed by atoms with van der Waals surface area (Å²) in [5.41, 5.74) is 0. The molecule has 116 valence electrons. The van der Waals surface area contributed by atoms with Crippen molar-refractivity contribution in [3.63, 3.8) is 0 Å². The first-order chi connectivity index (χ1) is 10.7. The van der Waals surface area contributed by atoms with E-state index in [4.69, 9.17) is 9.15 Å². The molecule has 0 bridgehead atoms. The van der Waals surface area contributed by atoms with Crippen LogP contribution in [0.3, 0.4) is 0 Å². The van der Waals surface area contributed by atoms with Gasteiger partial charge in [-0.2, -0.15) is 0 Å². The summed E-state index contributed by atoms with van der Waals surface area (Å²) in [6.07, 6.45) is 5.60. The van der Waals surface area contributed by atoms with E-state index < -0.39 is 4.92 Å². The highest BCUT2D eigenvalue weighted by Crippen LogP contribution is 2.23. The van der Waals surface area contributed by atoms with Gasteiger partial charge in [0.1, 0.15) is 11.5 Å². The number of aromatic nitrogens is 2. The van der Waals surface area contributed by atoms with Gasteiger partial charge in [-0.05, 0) is 32.0 Å². The fourth-order valence-electron chi connectivity index (χ4n) is 2.36. The van der Waals surface area contributed by atoms with E-state index in [-0.39, 0.29) is 11.6 Å². The van der Waals surface area contributed by atoms with Crippen molar-refractivity contribution >= 4 is 5.88 Å². The monoisotopic (exact) mass is 304 g/mol. The summed E-state index contributed by atoms with van der Waals surface area (Å²) in [5, 5.41) is 10.6. The average Bonchev–Trinajstić information content (AvgIpc) is 3.19. The molecule has 0 aromatic carbocycles. The van der Waals surface area contributed by atoms with Gasteiger partial charge in [0.25, 0.3) is 0 Å². The molecule has 3 rings (SSSR count). The van der Waals surface area contributed by atoms with E-state index in [2.05, 4.69) is 14.9 Å². The van der Waals surface area contributed by atoms with Crippen molar-refractivity contribution in [3.05, 3.63) is 34.6 Å². The molecule has 1 aliphatic rings. The zero-order chi connectivity index (χ0) is 15.4. The van der Waals surface area contributed by atoms with Crippen molar-refractivity contribution in [1.82, 2.24) is 14.9 Å². The molecule has 0 amide bonds. The minimum Gasteiger partial charge on any atom is -0.489 e. The standard InChI is InChI=1S/C14H16N4O4/c19-18(20)13-4-3-12(22-13)14-15-9-11(10-16-14)21-8-7-17-5-1-2-6-17/h3-4,9-10H,1-2,5-8H2. The van der Waals surface area contributed by atoms with E-state index in [0.717, 1.165) is 19.6 Å². The Morgan fingerprint density at radius 2 is 2.00 bits per heavy atom. The van der Waals surface area contributed by atoms with Crippen molar-refractivity contribution in [2.24, 2.45) is 0 Å². The Labute approximate surface area is 126 Å². The van der Waals surface area contributed by atoms with Crippen LogP contribution in [0.1, 0.15) is 12.8 Å². The van der Waals surface area contributed by atoms with Crippen LogP contribution in [-0.4, -0.2) is 46.0 Å². The van der Waals surface area contributed by atoms with Gasteiger partial charge >= 0.3 is 5.88 Å². The lowest BCUT2D eigenvalue weighted by atomic mass is 10.4. The van der Waals surface area contributed by atoms with Crippen LogP contribution in [0.2, 0.25) is 0 Å². The molecule has 2 aromatic rings. The first-order valence-electron chi connectivity index (χ1n) is 7.14. The third-order valence-electron chi connectivity index (χ3n) is 3.50. The van der Waals surface area contributed by atoms with Crippen LogP contribution in [0.15, 0.2) is 28.9 Å². The first-order valence-corrected chi connectivity index (χ1v) is 7.14. The summed E-state index contributed by atoms with van der Waals surface area (Å²) in [7, 11) is 0. The van der Waals surface area contributed by atoms with Gasteiger partial charge in [0, 0.05) is 6.54 Å². The molecular formula is C14H16N4O4. The third kappa shape index (κ3) is 3.40. The second-order valence-corrected chi connectivity index (χ2v) is 5.03. The fraction of sp³-hybridized carbons (Fsp3) is 0.429. The molecule has 1 saturated heterocycles. The van der Waals surface area contributed by atoms with E-state index in [1.165, 1.54) is 25.0 Å².